The maximum Gasteiger partial charge on any atom is 0.330 e. The lowest BCUT2D eigenvalue weighted by atomic mass is 9.53. The van der Waals surface area contributed by atoms with Crippen molar-refractivity contribution in [1.82, 2.24) is 10.2 Å². The van der Waals surface area contributed by atoms with Gasteiger partial charge in [0, 0.05) is 17.6 Å². The van der Waals surface area contributed by atoms with E-state index in [9.17, 15) is 9.59 Å². The zero-order chi connectivity index (χ0) is 18.9. The molecule has 2 aliphatic heterocycles. The molecule has 3 amide bonds. The smallest absolute Gasteiger partial charge is 0.330 e. The first-order valence-corrected chi connectivity index (χ1v) is 10.6. The van der Waals surface area contributed by atoms with E-state index in [4.69, 9.17) is 0 Å². The van der Waals surface area contributed by atoms with Gasteiger partial charge >= 0.3 is 6.03 Å². The SMILES string of the molecule is O=C(CN1C(=O)N2CCN=C2c2ccccc21)NC12CC3CC(CC(C3)C1)C2. The summed E-state index contributed by atoms with van der Waals surface area (Å²) in [6.07, 6.45) is 7.42. The van der Waals surface area contributed by atoms with E-state index < -0.39 is 0 Å². The van der Waals surface area contributed by atoms with Crippen LogP contribution in [0.4, 0.5) is 10.5 Å². The molecule has 4 bridgehead atoms. The largest absolute Gasteiger partial charge is 0.349 e. The molecular weight excluding hydrogens is 352 g/mol. The molecule has 6 aliphatic rings. The Balaban J connectivity index is 1.24. The van der Waals surface area contributed by atoms with E-state index >= 15 is 0 Å². The van der Waals surface area contributed by atoms with Gasteiger partial charge in [0.15, 0.2) is 0 Å². The average molecular weight is 378 g/mol. The highest BCUT2D eigenvalue weighted by Gasteiger charge is 2.51. The van der Waals surface area contributed by atoms with Gasteiger partial charge in [0.2, 0.25) is 5.91 Å². The molecule has 4 aliphatic carbocycles. The van der Waals surface area contributed by atoms with Crippen molar-refractivity contribution in [2.45, 2.75) is 44.1 Å². The van der Waals surface area contributed by atoms with Crippen LogP contribution in [0.2, 0.25) is 0 Å². The Bertz CT molecular complexity index is 857. The van der Waals surface area contributed by atoms with Crippen LogP contribution in [0.15, 0.2) is 29.3 Å². The van der Waals surface area contributed by atoms with Crippen LogP contribution in [0.25, 0.3) is 0 Å². The molecule has 0 unspecified atom stereocenters. The normalized spacial score (nSPS) is 34.9. The van der Waals surface area contributed by atoms with E-state index in [1.165, 1.54) is 19.3 Å². The first-order chi connectivity index (χ1) is 13.6. The summed E-state index contributed by atoms with van der Waals surface area (Å²) in [6.45, 7) is 1.31. The molecule has 1 aromatic carbocycles. The highest BCUT2D eigenvalue weighted by atomic mass is 16.2. The van der Waals surface area contributed by atoms with E-state index in [-0.39, 0.29) is 24.0 Å². The van der Waals surface area contributed by atoms with Crippen molar-refractivity contribution in [1.29, 1.82) is 0 Å². The van der Waals surface area contributed by atoms with Gasteiger partial charge in [0.05, 0.1) is 12.2 Å². The molecule has 4 saturated carbocycles. The highest BCUT2D eigenvalue weighted by molar-refractivity contribution is 6.20. The van der Waals surface area contributed by atoms with Crippen molar-refractivity contribution in [2.75, 3.05) is 24.5 Å². The highest BCUT2D eigenvalue weighted by Crippen LogP contribution is 2.55. The molecule has 0 spiro atoms. The van der Waals surface area contributed by atoms with E-state index in [1.807, 2.05) is 24.3 Å². The fraction of sp³-hybridized carbons (Fsp3) is 0.591. The predicted molar refractivity (Wildman–Crippen MR) is 106 cm³/mol. The third-order valence-corrected chi connectivity index (χ3v) is 7.48. The molecule has 7 rings (SSSR count). The monoisotopic (exact) mass is 378 g/mol. The molecule has 0 radical (unpaired) electrons. The maximum absolute atomic E-state index is 13.1. The molecule has 1 N–H and O–H groups in total. The van der Waals surface area contributed by atoms with Crippen molar-refractivity contribution in [3.8, 4) is 0 Å². The van der Waals surface area contributed by atoms with Crippen molar-refractivity contribution < 1.29 is 9.59 Å². The Labute approximate surface area is 165 Å². The lowest BCUT2D eigenvalue weighted by Gasteiger charge is -2.57. The summed E-state index contributed by atoms with van der Waals surface area (Å²) in [4.78, 5) is 34.0. The number of carbonyl (C=O) groups is 2. The summed E-state index contributed by atoms with van der Waals surface area (Å²) in [7, 11) is 0. The molecule has 0 saturated heterocycles. The Kier molecular flexibility index (Phi) is 3.44. The van der Waals surface area contributed by atoms with Gasteiger partial charge in [-0.15, -0.1) is 0 Å². The van der Waals surface area contributed by atoms with Gasteiger partial charge in [-0.05, 0) is 68.4 Å². The van der Waals surface area contributed by atoms with Gasteiger partial charge in [-0.1, -0.05) is 12.1 Å². The fourth-order valence-corrected chi connectivity index (χ4v) is 6.91. The number of carbonyl (C=O) groups excluding carboxylic acids is 2. The van der Waals surface area contributed by atoms with Crippen LogP contribution in [0.1, 0.15) is 44.1 Å². The Morgan fingerprint density at radius 1 is 1.11 bits per heavy atom. The molecule has 1 aromatic rings. The summed E-state index contributed by atoms with van der Waals surface area (Å²) in [5.41, 5.74) is 1.72. The number of hydrogen-bond donors (Lipinski definition) is 1. The van der Waals surface area contributed by atoms with E-state index in [0.717, 1.165) is 54.1 Å². The Morgan fingerprint density at radius 2 is 1.79 bits per heavy atom. The van der Waals surface area contributed by atoms with Gasteiger partial charge in [0.25, 0.3) is 0 Å². The molecule has 6 nitrogen and oxygen atoms in total. The van der Waals surface area contributed by atoms with Gasteiger partial charge < -0.3 is 5.32 Å². The number of amidine groups is 1. The van der Waals surface area contributed by atoms with Crippen LogP contribution in [-0.4, -0.2) is 47.8 Å². The van der Waals surface area contributed by atoms with Gasteiger partial charge in [-0.25, -0.2) is 4.79 Å². The van der Waals surface area contributed by atoms with Gasteiger partial charge in [0.1, 0.15) is 12.4 Å². The van der Waals surface area contributed by atoms with Crippen molar-refractivity contribution in [2.24, 2.45) is 22.7 Å². The quantitative estimate of drug-likeness (QED) is 0.879. The Hall–Kier alpha value is -2.37. The number of aliphatic imine (C=N–C) groups is 1. The van der Waals surface area contributed by atoms with Crippen molar-refractivity contribution in [3.05, 3.63) is 29.8 Å². The minimum Gasteiger partial charge on any atom is -0.349 e. The van der Waals surface area contributed by atoms with Crippen LogP contribution >= 0.6 is 0 Å². The van der Waals surface area contributed by atoms with Gasteiger partial charge in [-0.3, -0.25) is 19.6 Å². The van der Waals surface area contributed by atoms with E-state index in [0.29, 0.717) is 13.1 Å². The number of fused-ring (bicyclic) bond motifs is 3. The van der Waals surface area contributed by atoms with Crippen molar-refractivity contribution in [3.63, 3.8) is 0 Å². The van der Waals surface area contributed by atoms with Crippen LogP contribution in [0, 0.1) is 17.8 Å². The van der Waals surface area contributed by atoms with E-state index in [1.54, 1.807) is 9.80 Å². The summed E-state index contributed by atoms with van der Waals surface area (Å²) < 4.78 is 0. The predicted octanol–water partition coefficient (Wildman–Crippen LogP) is 2.77. The second-order valence-corrected chi connectivity index (χ2v) is 9.49. The number of benzene rings is 1. The number of anilines is 1. The molecular formula is C22H26N4O2. The number of para-hydroxylation sites is 1. The molecule has 0 aromatic heterocycles. The zero-order valence-corrected chi connectivity index (χ0v) is 16.1. The molecule has 146 valence electrons. The number of hydrogen-bond acceptors (Lipinski definition) is 3. The summed E-state index contributed by atoms with van der Waals surface area (Å²) in [5.74, 6) is 3.08. The third kappa shape index (κ3) is 2.43. The second-order valence-electron chi connectivity index (χ2n) is 9.49. The minimum atomic E-state index is -0.129. The molecule has 6 heteroatoms. The third-order valence-electron chi connectivity index (χ3n) is 7.48. The molecule has 28 heavy (non-hydrogen) atoms. The zero-order valence-electron chi connectivity index (χ0n) is 16.1. The first kappa shape index (κ1) is 16.6. The Morgan fingerprint density at radius 3 is 2.50 bits per heavy atom. The van der Waals surface area contributed by atoms with Crippen LogP contribution in [-0.2, 0) is 4.79 Å². The van der Waals surface area contributed by atoms with Crippen LogP contribution in [0.5, 0.6) is 0 Å². The van der Waals surface area contributed by atoms with Crippen molar-refractivity contribution >= 4 is 23.5 Å². The summed E-state index contributed by atoms with van der Waals surface area (Å²) >= 11 is 0. The number of nitrogens with zero attached hydrogens (tertiary/aromatic N) is 3. The number of nitrogens with one attached hydrogen (secondary N) is 1. The first-order valence-electron chi connectivity index (χ1n) is 10.6. The number of urea groups is 1. The summed E-state index contributed by atoms with van der Waals surface area (Å²) in [5, 5.41) is 3.40. The number of rotatable bonds is 3. The van der Waals surface area contributed by atoms with Crippen LogP contribution in [0.3, 0.4) is 0 Å². The van der Waals surface area contributed by atoms with Gasteiger partial charge in [-0.2, -0.15) is 0 Å². The summed E-state index contributed by atoms with van der Waals surface area (Å²) in [6, 6.07) is 7.66. The average Bonchev–Trinajstić information content (AvgIpc) is 3.14. The fourth-order valence-electron chi connectivity index (χ4n) is 6.91. The maximum atomic E-state index is 13.1. The number of amides is 3. The topological polar surface area (TPSA) is 65.0 Å². The van der Waals surface area contributed by atoms with E-state index in [2.05, 4.69) is 10.3 Å². The lowest BCUT2D eigenvalue weighted by Crippen LogP contribution is -2.62. The molecule has 4 fully saturated rings. The second kappa shape index (κ2) is 5.82. The minimum absolute atomic E-state index is 0.0234. The lowest BCUT2D eigenvalue weighted by molar-refractivity contribution is -0.125. The standard InChI is InChI=1S/C22H26N4O2/c27-19(24-22-10-14-7-15(11-22)9-16(8-14)12-22)13-26-18-4-2-1-3-17(18)20-23-5-6-25(20)21(26)28/h1-4,14-16H,5-13H2,(H,24,27). The molecule has 2 heterocycles. The molecule has 0 atom stereocenters. The van der Waals surface area contributed by atoms with Crippen LogP contribution < -0.4 is 10.2 Å².